The summed E-state index contributed by atoms with van der Waals surface area (Å²) in [4.78, 5) is 0.613. The van der Waals surface area contributed by atoms with Crippen molar-refractivity contribution in [3.8, 4) is 0 Å². The van der Waals surface area contributed by atoms with E-state index in [0.717, 1.165) is 18.8 Å². The number of alkyl halides is 3. The van der Waals surface area contributed by atoms with E-state index in [4.69, 9.17) is 0 Å². The maximum Gasteiger partial charge on any atom is 0.459 e. The van der Waals surface area contributed by atoms with Crippen LogP contribution in [0.3, 0.4) is 0 Å². The predicted molar refractivity (Wildman–Crippen MR) is 61.0 cm³/mol. The lowest BCUT2D eigenvalue weighted by atomic mass is 9.83. The van der Waals surface area contributed by atoms with Crippen molar-refractivity contribution in [3.63, 3.8) is 0 Å². The SMILES string of the molecule is FC(F)(F)N1CCC2(CC1)NCCn1cccc12. The summed E-state index contributed by atoms with van der Waals surface area (Å²) in [5.41, 5.74) is 0.874. The molecule has 18 heavy (non-hydrogen) atoms. The second kappa shape index (κ2) is 3.99. The summed E-state index contributed by atoms with van der Waals surface area (Å²) in [6.45, 7) is 1.87. The molecule has 6 heteroatoms. The predicted octanol–water partition coefficient (Wildman–Crippen LogP) is 1.90. The van der Waals surface area contributed by atoms with Gasteiger partial charge in [0, 0.05) is 38.1 Å². The number of hydrogen-bond acceptors (Lipinski definition) is 2. The van der Waals surface area contributed by atoms with Crippen LogP contribution in [-0.4, -0.2) is 35.4 Å². The molecule has 2 aliphatic rings. The molecular formula is C12H16F3N3. The van der Waals surface area contributed by atoms with E-state index in [9.17, 15) is 13.2 Å². The van der Waals surface area contributed by atoms with Gasteiger partial charge in [-0.25, -0.2) is 4.90 Å². The first-order valence-corrected chi connectivity index (χ1v) is 6.24. The molecule has 1 aromatic heterocycles. The van der Waals surface area contributed by atoms with Gasteiger partial charge in [0.2, 0.25) is 0 Å². The Bertz CT molecular complexity index is 430. The average molecular weight is 259 g/mol. The summed E-state index contributed by atoms with van der Waals surface area (Å²) in [7, 11) is 0. The van der Waals surface area contributed by atoms with E-state index in [1.54, 1.807) is 0 Å². The number of piperidine rings is 1. The van der Waals surface area contributed by atoms with Gasteiger partial charge in [-0.1, -0.05) is 0 Å². The number of nitrogens with one attached hydrogen (secondary N) is 1. The number of hydrogen-bond donors (Lipinski definition) is 1. The highest BCUT2D eigenvalue weighted by molar-refractivity contribution is 5.22. The molecule has 0 aliphatic carbocycles. The van der Waals surface area contributed by atoms with Crippen LogP contribution in [0.1, 0.15) is 18.5 Å². The van der Waals surface area contributed by atoms with E-state index < -0.39 is 6.30 Å². The minimum Gasteiger partial charge on any atom is -0.348 e. The Balaban J connectivity index is 1.81. The normalized spacial score (nSPS) is 24.2. The number of nitrogens with zero attached hydrogens (tertiary/aromatic N) is 2. The molecule has 0 bridgehead atoms. The molecule has 0 unspecified atom stereocenters. The van der Waals surface area contributed by atoms with Crippen LogP contribution in [0.15, 0.2) is 18.3 Å². The first-order chi connectivity index (χ1) is 8.51. The molecule has 0 atom stereocenters. The molecule has 1 aromatic rings. The standard InChI is InChI=1S/C12H16F3N3/c13-12(14,15)18-7-3-11(4-8-18)10-2-1-6-17(10)9-5-16-11/h1-2,6,16H,3-5,7-9H2. The topological polar surface area (TPSA) is 20.2 Å². The van der Waals surface area contributed by atoms with Gasteiger partial charge in [-0.3, -0.25) is 0 Å². The van der Waals surface area contributed by atoms with Gasteiger partial charge in [-0.15, -0.1) is 0 Å². The summed E-state index contributed by atoms with van der Waals surface area (Å²) < 4.78 is 40.1. The summed E-state index contributed by atoms with van der Waals surface area (Å²) in [6.07, 6.45) is -1.17. The number of likely N-dealkylation sites (tertiary alicyclic amines) is 1. The van der Waals surface area contributed by atoms with Crippen molar-refractivity contribution in [2.45, 2.75) is 31.2 Å². The summed E-state index contributed by atoms with van der Waals surface area (Å²) in [5, 5.41) is 3.43. The maximum atomic E-state index is 12.6. The molecule has 100 valence electrons. The second-order valence-corrected chi connectivity index (χ2v) is 5.05. The van der Waals surface area contributed by atoms with Crippen LogP contribution in [0.5, 0.6) is 0 Å². The van der Waals surface area contributed by atoms with Gasteiger partial charge < -0.3 is 9.88 Å². The highest BCUT2D eigenvalue weighted by atomic mass is 19.4. The van der Waals surface area contributed by atoms with Crippen molar-refractivity contribution in [1.29, 1.82) is 0 Å². The highest BCUT2D eigenvalue weighted by Gasteiger charge is 2.46. The van der Waals surface area contributed by atoms with E-state index in [-0.39, 0.29) is 18.6 Å². The zero-order valence-corrected chi connectivity index (χ0v) is 10.0. The van der Waals surface area contributed by atoms with Crippen molar-refractivity contribution in [2.75, 3.05) is 19.6 Å². The van der Waals surface area contributed by atoms with Crippen molar-refractivity contribution in [3.05, 3.63) is 24.0 Å². The molecule has 1 N–H and O–H groups in total. The Morgan fingerprint density at radius 1 is 1.17 bits per heavy atom. The van der Waals surface area contributed by atoms with Gasteiger partial charge in [0.25, 0.3) is 0 Å². The fraction of sp³-hybridized carbons (Fsp3) is 0.667. The fourth-order valence-electron chi connectivity index (χ4n) is 3.12. The van der Waals surface area contributed by atoms with Crippen molar-refractivity contribution >= 4 is 0 Å². The first-order valence-electron chi connectivity index (χ1n) is 6.24. The van der Waals surface area contributed by atoms with E-state index >= 15 is 0 Å². The third-order valence-corrected chi connectivity index (χ3v) is 4.11. The second-order valence-electron chi connectivity index (χ2n) is 5.05. The number of rotatable bonds is 0. The van der Waals surface area contributed by atoms with Crippen LogP contribution < -0.4 is 5.32 Å². The van der Waals surface area contributed by atoms with Crippen molar-refractivity contribution in [1.82, 2.24) is 14.8 Å². The molecule has 0 aromatic carbocycles. The highest BCUT2D eigenvalue weighted by Crippen LogP contribution is 2.37. The lowest BCUT2D eigenvalue weighted by molar-refractivity contribution is -0.253. The van der Waals surface area contributed by atoms with Gasteiger partial charge in [0.05, 0.1) is 5.54 Å². The third kappa shape index (κ3) is 1.83. The van der Waals surface area contributed by atoms with Crippen LogP contribution in [0.2, 0.25) is 0 Å². The van der Waals surface area contributed by atoms with Gasteiger partial charge in [0.15, 0.2) is 0 Å². The molecule has 1 fully saturated rings. The number of fused-ring (bicyclic) bond motifs is 2. The monoisotopic (exact) mass is 259 g/mol. The number of halogens is 3. The molecule has 3 rings (SSSR count). The summed E-state index contributed by atoms with van der Waals surface area (Å²) >= 11 is 0. The quantitative estimate of drug-likeness (QED) is 0.718. The third-order valence-electron chi connectivity index (χ3n) is 4.11. The van der Waals surface area contributed by atoms with Gasteiger partial charge in [-0.2, -0.15) is 13.2 Å². The lowest BCUT2D eigenvalue weighted by Crippen LogP contribution is -2.57. The zero-order chi connectivity index (χ0) is 12.8. The molecule has 1 spiro atoms. The molecule has 2 aliphatic heterocycles. The minimum absolute atomic E-state index is 0.0711. The van der Waals surface area contributed by atoms with E-state index in [2.05, 4.69) is 9.88 Å². The Morgan fingerprint density at radius 2 is 1.89 bits per heavy atom. The van der Waals surface area contributed by atoms with Crippen molar-refractivity contribution in [2.24, 2.45) is 0 Å². The fourth-order valence-corrected chi connectivity index (χ4v) is 3.12. The van der Waals surface area contributed by atoms with Gasteiger partial charge in [0.1, 0.15) is 0 Å². The van der Waals surface area contributed by atoms with Crippen LogP contribution in [0.4, 0.5) is 13.2 Å². The lowest BCUT2D eigenvalue weighted by Gasteiger charge is -2.45. The molecule has 0 saturated carbocycles. The Kier molecular flexibility index (Phi) is 2.67. The average Bonchev–Trinajstić information content (AvgIpc) is 2.78. The van der Waals surface area contributed by atoms with Crippen LogP contribution >= 0.6 is 0 Å². The van der Waals surface area contributed by atoms with Gasteiger partial charge >= 0.3 is 6.30 Å². The first kappa shape index (κ1) is 12.0. The largest absolute Gasteiger partial charge is 0.459 e. The summed E-state index contributed by atoms with van der Waals surface area (Å²) in [6, 6.07) is 4.00. The Labute approximate surface area is 104 Å². The number of aromatic nitrogens is 1. The maximum absolute atomic E-state index is 12.6. The van der Waals surface area contributed by atoms with E-state index in [0.29, 0.717) is 17.7 Å². The summed E-state index contributed by atoms with van der Waals surface area (Å²) in [5.74, 6) is 0. The zero-order valence-electron chi connectivity index (χ0n) is 10.0. The molecule has 1 saturated heterocycles. The van der Waals surface area contributed by atoms with Crippen LogP contribution in [0.25, 0.3) is 0 Å². The Hall–Kier alpha value is -1.01. The van der Waals surface area contributed by atoms with Gasteiger partial charge in [-0.05, 0) is 25.0 Å². The molecule has 0 amide bonds. The molecule has 0 radical (unpaired) electrons. The molecular weight excluding hydrogens is 243 g/mol. The molecule has 3 nitrogen and oxygen atoms in total. The van der Waals surface area contributed by atoms with Crippen molar-refractivity contribution < 1.29 is 13.2 Å². The van der Waals surface area contributed by atoms with E-state index in [1.165, 1.54) is 0 Å². The minimum atomic E-state index is -4.20. The van der Waals surface area contributed by atoms with Crippen LogP contribution in [0, 0.1) is 0 Å². The smallest absolute Gasteiger partial charge is 0.348 e. The van der Waals surface area contributed by atoms with E-state index in [1.807, 2.05) is 18.3 Å². The molecule has 3 heterocycles. The Morgan fingerprint density at radius 3 is 2.56 bits per heavy atom. The van der Waals surface area contributed by atoms with Crippen LogP contribution in [-0.2, 0) is 12.1 Å².